The third-order valence-electron chi connectivity index (χ3n) is 7.35. The van der Waals surface area contributed by atoms with Crippen molar-refractivity contribution < 1.29 is 4.79 Å². The van der Waals surface area contributed by atoms with Gasteiger partial charge in [-0.1, -0.05) is 43.5 Å². The molecule has 0 saturated heterocycles. The van der Waals surface area contributed by atoms with Crippen LogP contribution in [0.3, 0.4) is 0 Å². The van der Waals surface area contributed by atoms with Crippen molar-refractivity contribution in [2.75, 3.05) is 0 Å². The second kappa shape index (κ2) is 7.69. The van der Waals surface area contributed by atoms with Gasteiger partial charge in [-0.25, -0.2) is 4.79 Å². The third-order valence-corrected chi connectivity index (χ3v) is 7.35. The Bertz CT molecular complexity index is 1380. The minimum atomic E-state index is -0.646. The molecule has 0 unspecified atom stereocenters. The number of nitrogens with zero attached hydrogens (tertiary/aromatic N) is 3. The Morgan fingerprint density at radius 3 is 2.31 bits per heavy atom. The molecule has 2 aromatic carbocycles. The van der Waals surface area contributed by atoms with Crippen LogP contribution in [0.1, 0.15) is 43.2 Å². The number of amides is 1. The van der Waals surface area contributed by atoms with E-state index >= 15 is 0 Å². The summed E-state index contributed by atoms with van der Waals surface area (Å²) in [5, 5.41) is 1.19. The van der Waals surface area contributed by atoms with E-state index in [1.54, 1.807) is 4.57 Å². The van der Waals surface area contributed by atoms with Crippen molar-refractivity contribution in [3.8, 4) is 0 Å². The topological polar surface area (TPSA) is 75.0 Å². The zero-order chi connectivity index (χ0) is 22.5. The Balaban J connectivity index is 1.64. The van der Waals surface area contributed by atoms with Crippen molar-refractivity contribution in [3.63, 3.8) is 0 Å². The molecule has 5 rings (SSSR count). The summed E-state index contributed by atoms with van der Waals surface area (Å²) in [5.74, 6) is -0.286. The minimum Gasteiger partial charge on any atom is -0.369 e. The first-order chi connectivity index (χ1) is 15.4. The lowest BCUT2D eigenvalue weighted by Crippen LogP contribution is -2.44. The van der Waals surface area contributed by atoms with Gasteiger partial charge < -0.3 is 10.3 Å². The van der Waals surface area contributed by atoms with Gasteiger partial charge in [-0.05, 0) is 49.1 Å². The Kier molecular flexibility index (Phi) is 4.96. The van der Waals surface area contributed by atoms with E-state index in [0.29, 0.717) is 13.1 Å². The predicted octanol–water partition coefficient (Wildman–Crippen LogP) is 4.09. The van der Waals surface area contributed by atoms with E-state index in [2.05, 4.69) is 35.9 Å². The molecule has 0 spiro atoms. The number of benzene rings is 2. The molecule has 6 heteroatoms. The summed E-state index contributed by atoms with van der Waals surface area (Å²) in [7, 11) is 2.04. The SMILES string of the molecule is Cc1cccc2c1c(Cn1c(=O)n(CC3(C(N)=O)CCCCC3)c3ccccc31)cn2C. The van der Waals surface area contributed by atoms with Crippen molar-refractivity contribution in [2.45, 2.75) is 52.1 Å². The van der Waals surface area contributed by atoms with Gasteiger partial charge >= 0.3 is 5.69 Å². The van der Waals surface area contributed by atoms with Crippen LogP contribution in [0, 0.1) is 12.3 Å². The van der Waals surface area contributed by atoms with Crippen LogP contribution in [0.2, 0.25) is 0 Å². The number of hydrogen-bond acceptors (Lipinski definition) is 2. The quantitative estimate of drug-likeness (QED) is 0.518. The Morgan fingerprint density at radius 2 is 1.62 bits per heavy atom. The van der Waals surface area contributed by atoms with Gasteiger partial charge in [-0.15, -0.1) is 0 Å². The zero-order valence-corrected chi connectivity index (χ0v) is 18.8. The maximum atomic E-state index is 13.7. The molecule has 0 atom stereocenters. The molecule has 0 bridgehead atoms. The van der Waals surface area contributed by atoms with Gasteiger partial charge in [0.1, 0.15) is 0 Å². The molecule has 166 valence electrons. The van der Waals surface area contributed by atoms with Gasteiger partial charge in [-0.3, -0.25) is 13.9 Å². The Morgan fingerprint density at radius 1 is 0.969 bits per heavy atom. The Labute approximate surface area is 187 Å². The predicted molar refractivity (Wildman–Crippen MR) is 128 cm³/mol. The summed E-state index contributed by atoms with van der Waals surface area (Å²) in [6.07, 6.45) is 6.68. The van der Waals surface area contributed by atoms with E-state index in [9.17, 15) is 9.59 Å². The number of hydrogen-bond donors (Lipinski definition) is 1. The number of para-hydroxylation sites is 2. The lowest BCUT2D eigenvalue weighted by Gasteiger charge is -2.34. The van der Waals surface area contributed by atoms with E-state index in [-0.39, 0.29) is 11.6 Å². The molecule has 6 nitrogen and oxygen atoms in total. The van der Waals surface area contributed by atoms with Crippen molar-refractivity contribution in [3.05, 3.63) is 70.3 Å². The van der Waals surface area contributed by atoms with Gasteiger partial charge in [0, 0.05) is 30.7 Å². The average molecular weight is 431 g/mol. The summed E-state index contributed by atoms with van der Waals surface area (Å²) in [4.78, 5) is 26.2. The van der Waals surface area contributed by atoms with Crippen LogP contribution in [0.25, 0.3) is 21.9 Å². The first-order valence-corrected chi connectivity index (χ1v) is 11.4. The number of carbonyl (C=O) groups excluding carboxylic acids is 1. The molecular weight excluding hydrogens is 400 g/mol. The molecule has 1 aliphatic carbocycles. The molecule has 0 aliphatic heterocycles. The minimum absolute atomic E-state index is 0.0806. The van der Waals surface area contributed by atoms with Crippen molar-refractivity contribution in [1.82, 2.24) is 13.7 Å². The Hall–Kier alpha value is -3.28. The second-order valence-electron chi connectivity index (χ2n) is 9.38. The number of imidazole rings is 1. The second-order valence-corrected chi connectivity index (χ2v) is 9.38. The summed E-state index contributed by atoms with van der Waals surface area (Å²) < 4.78 is 5.74. The highest BCUT2D eigenvalue weighted by molar-refractivity contribution is 5.87. The number of aryl methyl sites for hydroxylation is 2. The largest absolute Gasteiger partial charge is 0.369 e. The van der Waals surface area contributed by atoms with E-state index in [4.69, 9.17) is 5.73 Å². The molecule has 2 N–H and O–H groups in total. The fourth-order valence-electron chi connectivity index (χ4n) is 5.61. The normalized spacial score (nSPS) is 16.1. The number of rotatable bonds is 5. The van der Waals surface area contributed by atoms with Gasteiger partial charge in [0.25, 0.3) is 0 Å². The number of aromatic nitrogens is 3. The summed E-state index contributed by atoms with van der Waals surface area (Å²) in [5.41, 5.74) is 10.4. The van der Waals surface area contributed by atoms with E-state index in [1.807, 2.05) is 35.9 Å². The van der Waals surface area contributed by atoms with Gasteiger partial charge in [0.15, 0.2) is 0 Å². The smallest absolute Gasteiger partial charge is 0.329 e. The molecule has 4 aromatic rings. The van der Waals surface area contributed by atoms with Gasteiger partial charge in [-0.2, -0.15) is 0 Å². The molecule has 32 heavy (non-hydrogen) atoms. The first kappa shape index (κ1) is 20.6. The molecule has 1 aliphatic rings. The lowest BCUT2D eigenvalue weighted by atomic mass is 9.73. The molecule has 1 amide bonds. The number of primary amides is 1. The van der Waals surface area contributed by atoms with Crippen LogP contribution >= 0.6 is 0 Å². The number of fused-ring (bicyclic) bond motifs is 2. The van der Waals surface area contributed by atoms with Crippen LogP contribution in [0.15, 0.2) is 53.5 Å². The van der Waals surface area contributed by atoms with Gasteiger partial charge in [0.2, 0.25) is 5.91 Å². The monoisotopic (exact) mass is 430 g/mol. The number of nitrogens with two attached hydrogens (primary N) is 1. The van der Waals surface area contributed by atoms with Crippen molar-refractivity contribution in [2.24, 2.45) is 18.2 Å². The summed E-state index contributed by atoms with van der Waals surface area (Å²) in [6.45, 7) is 2.94. The third kappa shape index (κ3) is 3.17. The first-order valence-electron chi connectivity index (χ1n) is 11.4. The maximum Gasteiger partial charge on any atom is 0.329 e. The highest BCUT2D eigenvalue weighted by atomic mass is 16.2. The van der Waals surface area contributed by atoms with Crippen molar-refractivity contribution in [1.29, 1.82) is 0 Å². The standard InChI is InChI=1S/C26H30N4O2/c1-18-9-8-12-22-23(18)19(15-28(22)2)16-29-20-10-4-5-11-21(20)30(25(29)32)17-26(24(27)31)13-6-3-7-14-26/h4-5,8-12,15H,3,6-7,13-14,16-17H2,1-2H3,(H2,27,31). The highest BCUT2D eigenvalue weighted by Gasteiger charge is 2.39. The van der Waals surface area contributed by atoms with E-state index in [0.717, 1.165) is 54.2 Å². The molecular formula is C26H30N4O2. The lowest BCUT2D eigenvalue weighted by molar-refractivity contribution is -0.130. The summed E-state index contributed by atoms with van der Waals surface area (Å²) >= 11 is 0. The average Bonchev–Trinajstić information content (AvgIpc) is 3.25. The van der Waals surface area contributed by atoms with Gasteiger partial charge in [0.05, 0.1) is 23.0 Å². The number of carbonyl (C=O) groups is 1. The molecule has 0 radical (unpaired) electrons. The fourth-order valence-corrected chi connectivity index (χ4v) is 5.61. The van der Waals surface area contributed by atoms with Crippen LogP contribution < -0.4 is 11.4 Å². The molecule has 1 fully saturated rings. The zero-order valence-electron chi connectivity index (χ0n) is 18.8. The van der Waals surface area contributed by atoms with Crippen LogP contribution in [0.4, 0.5) is 0 Å². The highest BCUT2D eigenvalue weighted by Crippen LogP contribution is 2.38. The van der Waals surface area contributed by atoms with Crippen LogP contribution in [0.5, 0.6) is 0 Å². The molecule has 1 saturated carbocycles. The summed E-state index contributed by atoms with van der Waals surface area (Å²) in [6, 6.07) is 14.1. The van der Waals surface area contributed by atoms with Crippen molar-refractivity contribution >= 4 is 27.8 Å². The van der Waals surface area contributed by atoms with E-state index < -0.39 is 5.41 Å². The van der Waals surface area contributed by atoms with E-state index in [1.165, 1.54) is 10.9 Å². The van der Waals surface area contributed by atoms with Crippen LogP contribution in [-0.4, -0.2) is 19.6 Å². The fraction of sp³-hybridized carbons (Fsp3) is 0.385. The maximum absolute atomic E-state index is 13.7. The van der Waals surface area contributed by atoms with Crippen LogP contribution in [-0.2, 0) is 24.9 Å². The molecule has 2 heterocycles. The molecule has 2 aromatic heterocycles.